The maximum Gasteiger partial charge on any atom is 0.242 e. The van der Waals surface area contributed by atoms with E-state index in [0.29, 0.717) is 17.2 Å². The van der Waals surface area contributed by atoms with E-state index in [0.717, 1.165) is 11.1 Å². The smallest absolute Gasteiger partial charge is 0.242 e. The summed E-state index contributed by atoms with van der Waals surface area (Å²) in [6, 6.07) is 12.9. The number of amides is 2. The van der Waals surface area contributed by atoms with Crippen molar-refractivity contribution >= 4 is 35.2 Å². The molecule has 0 aliphatic carbocycles. The Morgan fingerprint density at radius 1 is 1.11 bits per heavy atom. The van der Waals surface area contributed by atoms with Gasteiger partial charge in [0.25, 0.3) is 0 Å². The first-order valence-electron chi connectivity index (χ1n) is 9.02. The van der Waals surface area contributed by atoms with Gasteiger partial charge in [0.15, 0.2) is 0 Å². The molecule has 0 bridgehead atoms. The van der Waals surface area contributed by atoms with Gasteiger partial charge in [-0.2, -0.15) is 0 Å². The number of rotatable bonds is 9. The maximum atomic E-state index is 13.2. The van der Waals surface area contributed by atoms with Crippen LogP contribution in [0.1, 0.15) is 24.5 Å². The molecule has 0 saturated heterocycles. The van der Waals surface area contributed by atoms with E-state index in [9.17, 15) is 14.0 Å². The van der Waals surface area contributed by atoms with Crippen LogP contribution in [0.2, 0.25) is 5.02 Å². The molecule has 0 aromatic heterocycles. The zero-order valence-electron chi connectivity index (χ0n) is 16.0. The van der Waals surface area contributed by atoms with Crippen LogP contribution in [0.5, 0.6) is 0 Å². The number of carbonyl (C=O) groups is 2. The molecule has 28 heavy (non-hydrogen) atoms. The third kappa shape index (κ3) is 6.53. The summed E-state index contributed by atoms with van der Waals surface area (Å²) in [6.45, 7) is 2.12. The van der Waals surface area contributed by atoms with Crippen LogP contribution in [0.25, 0.3) is 0 Å². The quantitative estimate of drug-likeness (QED) is 0.656. The first-order valence-corrected chi connectivity index (χ1v) is 10.6. The normalized spacial score (nSPS) is 11.7. The van der Waals surface area contributed by atoms with Crippen molar-refractivity contribution in [1.82, 2.24) is 10.2 Å². The Morgan fingerprint density at radius 2 is 1.71 bits per heavy atom. The number of nitrogens with zero attached hydrogens (tertiary/aromatic N) is 1. The minimum Gasteiger partial charge on any atom is -0.357 e. The highest BCUT2D eigenvalue weighted by Crippen LogP contribution is 2.18. The third-order valence-electron chi connectivity index (χ3n) is 4.31. The lowest BCUT2D eigenvalue weighted by Gasteiger charge is -2.30. The van der Waals surface area contributed by atoms with Crippen molar-refractivity contribution in [2.45, 2.75) is 31.7 Å². The average molecular weight is 423 g/mol. The van der Waals surface area contributed by atoms with Gasteiger partial charge >= 0.3 is 0 Å². The van der Waals surface area contributed by atoms with Crippen LogP contribution < -0.4 is 5.32 Å². The van der Waals surface area contributed by atoms with E-state index in [4.69, 9.17) is 11.6 Å². The van der Waals surface area contributed by atoms with Gasteiger partial charge in [-0.05, 0) is 41.8 Å². The number of hydrogen-bond donors (Lipinski definition) is 1. The fourth-order valence-corrected chi connectivity index (χ4v) is 3.79. The van der Waals surface area contributed by atoms with Crippen LogP contribution in [0.3, 0.4) is 0 Å². The molecule has 1 N–H and O–H groups in total. The molecule has 1 atom stereocenters. The standard InChI is InChI=1S/C21H24ClFN2O2S/c1-3-19(21(27)24-2)25(12-15-6-10-18(23)11-7-15)20(26)14-28-13-16-4-8-17(22)9-5-16/h4-11,19H,3,12-14H2,1-2H3,(H,24,27)/t19-/m1/s1. The second-order valence-corrected chi connectivity index (χ2v) is 7.73. The molecule has 0 unspecified atom stereocenters. The molecule has 2 amide bonds. The highest BCUT2D eigenvalue weighted by Gasteiger charge is 2.27. The monoisotopic (exact) mass is 422 g/mol. The van der Waals surface area contributed by atoms with Crippen LogP contribution in [0, 0.1) is 5.82 Å². The van der Waals surface area contributed by atoms with Crippen molar-refractivity contribution < 1.29 is 14.0 Å². The van der Waals surface area contributed by atoms with E-state index >= 15 is 0 Å². The summed E-state index contributed by atoms with van der Waals surface area (Å²) in [7, 11) is 1.56. The predicted octanol–water partition coefficient (Wildman–Crippen LogP) is 4.27. The molecule has 150 valence electrons. The van der Waals surface area contributed by atoms with Gasteiger partial charge in [0.1, 0.15) is 11.9 Å². The van der Waals surface area contributed by atoms with Crippen molar-refractivity contribution in [1.29, 1.82) is 0 Å². The summed E-state index contributed by atoms with van der Waals surface area (Å²) in [5.41, 5.74) is 1.85. The van der Waals surface area contributed by atoms with Gasteiger partial charge in [0.2, 0.25) is 11.8 Å². The Kier molecular flexibility index (Phi) is 8.80. The summed E-state index contributed by atoms with van der Waals surface area (Å²) in [5.74, 6) is 0.249. The number of carbonyl (C=O) groups excluding carboxylic acids is 2. The van der Waals surface area contributed by atoms with Crippen molar-refractivity contribution in [2.24, 2.45) is 0 Å². The second kappa shape index (κ2) is 11.1. The molecule has 2 rings (SSSR count). The summed E-state index contributed by atoms with van der Waals surface area (Å²) >= 11 is 7.37. The molecule has 0 fully saturated rings. The van der Waals surface area contributed by atoms with E-state index in [1.165, 1.54) is 23.9 Å². The lowest BCUT2D eigenvalue weighted by atomic mass is 10.1. The van der Waals surface area contributed by atoms with E-state index < -0.39 is 6.04 Å². The van der Waals surface area contributed by atoms with E-state index in [2.05, 4.69) is 5.32 Å². The van der Waals surface area contributed by atoms with Crippen molar-refractivity contribution in [3.63, 3.8) is 0 Å². The molecule has 2 aromatic rings. The molecule has 0 aliphatic heterocycles. The van der Waals surface area contributed by atoms with Gasteiger partial charge in [-0.25, -0.2) is 4.39 Å². The lowest BCUT2D eigenvalue weighted by Crippen LogP contribution is -2.48. The molecule has 2 aromatic carbocycles. The second-order valence-electron chi connectivity index (χ2n) is 6.31. The molecular formula is C21H24ClFN2O2S. The van der Waals surface area contributed by atoms with Crippen LogP contribution in [-0.2, 0) is 21.9 Å². The zero-order chi connectivity index (χ0) is 20.5. The number of nitrogens with one attached hydrogen (secondary N) is 1. The summed E-state index contributed by atoms with van der Waals surface area (Å²) in [5, 5.41) is 3.29. The fraction of sp³-hybridized carbons (Fsp3) is 0.333. The Hall–Kier alpha value is -2.05. The maximum absolute atomic E-state index is 13.2. The van der Waals surface area contributed by atoms with Gasteiger partial charge in [-0.3, -0.25) is 9.59 Å². The van der Waals surface area contributed by atoms with Crippen molar-refractivity contribution in [3.8, 4) is 0 Å². The van der Waals surface area contributed by atoms with Gasteiger partial charge in [0, 0.05) is 24.4 Å². The van der Waals surface area contributed by atoms with Crippen LogP contribution in [-0.4, -0.2) is 35.6 Å². The molecule has 7 heteroatoms. The fourth-order valence-electron chi connectivity index (χ4n) is 2.79. The van der Waals surface area contributed by atoms with Crippen LogP contribution in [0.15, 0.2) is 48.5 Å². The first-order chi connectivity index (χ1) is 13.4. The molecule has 0 saturated carbocycles. The third-order valence-corrected chi connectivity index (χ3v) is 5.55. The molecule has 0 radical (unpaired) electrons. The van der Waals surface area contributed by atoms with Crippen molar-refractivity contribution in [2.75, 3.05) is 12.8 Å². The van der Waals surface area contributed by atoms with Crippen LogP contribution in [0.4, 0.5) is 4.39 Å². The van der Waals surface area contributed by atoms with E-state index in [-0.39, 0.29) is 29.9 Å². The number of halogens is 2. The Bertz CT molecular complexity index is 784. The topological polar surface area (TPSA) is 49.4 Å². The summed E-state index contributed by atoms with van der Waals surface area (Å²) < 4.78 is 13.2. The largest absolute Gasteiger partial charge is 0.357 e. The summed E-state index contributed by atoms with van der Waals surface area (Å²) in [4.78, 5) is 26.8. The van der Waals surface area contributed by atoms with Gasteiger partial charge in [0.05, 0.1) is 5.75 Å². The van der Waals surface area contributed by atoms with Crippen LogP contribution >= 0.6 is 23.4 Å². The predicted molar refractivity (Wildman–Crippen MR) is 113 cm³/mol. The number of hydrogen-bond acceptors (Lipinski definition) is 3. The Labute approximate surface area is 174 Å². The highest BCUT2D eigenvalue weighted by atomic mass is 35.5. The lowest BCUT2D eigenvalue weighted by molar-refractivity contribution is -0.139. The molecule has 0 heterocycles. The zero-order valence-corrected chi connectivity index (χ0v) is 17.5. The van der Waals surface area contributed by atoms with E-state index in [1.807, 2.05) is 31.2 Å². The van der Waals surface area contributed by atoms with Gasteiger partial charge < -0.3 is 10.2 Å². The number of likely N-dealkylation sites (N-methyl/N-ethyl adjacent to an activating group) is 1. The SMILES string of the molecule is CC[C@H](C(=O)NC)N(Cc1ccc(F)cc1)C(=O)CSCc1ccc(Cl)cc1. The molecular weight excluding hydrogens is 399 g/mol. The first kappa shape index (κ1) is 22.2. The highest BCUT2D eigenvalue weighted by molar-refractivity contribution is 7.99. The van der Waals surface area contributed by atoms with Crippen molar-refractivity contribution in [3.05, 3.63) is 70.5 Å². The van der Waals surface area contributed by atoms with E-state index in [1.54, 1.807) is 24.1 Å². The molecule has 4 nitrogen and oxygen atoms in total. The van der Waals surface area contributed by atoms with Gasteiger partial charge in [-0.1, -0.05) is 42.8 Å². The summed E-state index contributed by atoms with van der Waals surface area (Å²) in [6.07, 6.45) is 0.495. The minimum absolute atomic E-state index is 0.126. The number of benzene rings is 2. The van der Waals surface area contributed by atoms with Gasteiger partial charge in [-0.15, -0.1) is 11.8 Å². The minimum atomic E-state index is -0.571. The Balaban J connectivity index is 2.07. The molecule has 0 spiro atoms. The average Bonchev–Trinajstić information content (AvgIpc) is 2.70. The number of thioether (sulfide) groups is 1. The Morgan fingerprint density at radius 3 is 2.29 bits per heavy atom. The molecule has 0 aliphatic rings.